The van der Waals surface area contributed by atoms with Crippen molar-refractivity contribution in [3.8, 4) is 0 Å². The lowest BCUT2D eigenvalue weighted by atomic mass is 10.1. The number of hydrogen-bond acceptors (Lipinski definition) is 6. The van der Waals surface area contributed by atoms with Crippen molar-refractivity contribution in [1.82, 2.24) is 0 Å². The van der Waals surface area contributed by atoms with Crippen LogP contribution in [-0.4, -0.2) is 39.8 Å². The third kappa shape index (κ3) is 16.8. The van der Waals surface area contributed by atoms with Gasteiger partial charge in [0.1, 0.15) is 6.04 Å². The van der Waals surface area contributed by atoms with Crippen molar-refractivity contribution in [2.24, 2.45) is 11.5 Å². The number of carboxylic acids is 2. The lowest BCUT2D eigenvalue weighted by Crippen LogP contribution is -2.25. The molecular weight excluding hydrogens is 388 g/mol. The molecule has 0 aliphatic rings. The molecule has 30 heavy (non-hydrogen) atoms. The van der Waals surface area contributed by atoms with E-state index in [1.807, 2.05) is 67.6 Å². The van der Waals surface area contributed by atoms with Gasteiger partial charge >= 0.3 is 11.9 Å². The van der Waals surface area contributed by atoms with Gasteiger partial charge in [0.15, 0.2) is 5.78 Å². The molecule has 0 saturated heterocycles. The Kier molecular flexibility index (Phi) is 15.9. The third-order valence-corrected chi connectivity index (χ3v) is 3.20. The number of carbonyl (C=O) groups excluding carboxylic acids is 2. The fraction of sp³-hybridized carbons (Fsp3) is 0.273. The predicted octanol–water partition coefficient (Wildman–Crippen LogP) is 2.67. The fourth-order valence-electron chi connectivity index (χ4n) is 1.43. The zero-order valence-corrected chi connectivity index (χ0v) is 17.6. The van der Waals surface area contributed by atoms with E-state index in [4.69, 9.17) is 21.7 Å². The quantitative estimate of drug-likeness (QED) is 0.435. The number of aliphatic carboxylic acids is 2. The average Bonchev–Trinajstić information content (AvgIpc) is 2.70. The number of benzene rings is 2. The standard InChI is InChI=1S/C8H11N.C8H8O.C3H7NO2.C3H4O3/c2*1-7(9)8-5-3-2-4-6-8;2*1-2(4)3(5)6/h2-7H,9H2,1H3;2-6H,1H3;2H,4H2,1H3,(H,5,6);1H3,(H,5,6)/t7-;;;/m0.../s1. The zero-order valence-electron chi connectivity index (χ0n) is 17.6. The van der Waals surface area contributed by atoms with E-state index in [2.05, 4.69) is 0 Å². The van der Waals surface area contributed by atoms with Gasteiger partial charge in [-0.15, -0.1) is 0 Å². The highest BCUT2D eigenvalue weighted by atomic mass is 16.4. The van der Waals surface area contributed by atoms with Crippen LogP contribution in [0, 0.1) is 0 Å². The fourth-order valence-corrected chi connectivity index (χ4v) is 1.43. The summed E-state index contributed by atoms with van der Waals surface area (Å²) in [6.07, 6.45) is 0. The molecule has 1 unspecified atom stereocenters. The molecule has 0 spiro atoms. The number of ketones is 2. The molecule has 0 aliphatic carbocycles. The molecule has 2 aromatic carbocycles. The zero-order chi connectivity index (χ0) is 23.7. The maximum absolute atomic E-state index is 10.6. The Hall–Kier alpha value is -3.36. The third-order valence-electron chi connectivity index (χ3n) is 3.20. The van der Waals surface area contributed by atoms with Gasteiger partial charge in [0, 0.05) is 18.5 Å². The first-order valence-corrected chi connectivity index (χ1v) is 8.98. The highest BCUT2D eigenvalue weighted by Gasteiger charge is 2.00. The number of hydrogen-bond donors (Lipinski definition) is 4. The average molecular weight is 418 g/mol. The molecule has 0 aliphatic heterocycles. The summed E-state index contributed by atoms with van der Waals surface area (Å²) in [5.74, 6) is -3.05. The molecule has 0 amide bonds. The summed E-state index contributed by atoms with van der Waals surface area (Å²) < 4.78 is 0. The molecule has 8 heteroatoms. The minimum absolute atomic E-state index is 0.121. The Morgan fingerprint density at radius 2 is 1.10 bits per heavy atom. The summed E-state index contributed by atoms with van der Waals surface area (Å²) in [4.78, 5) is 39.1. The first-order chi connectivity index (χ1) is 13.9. The van der Waals surface area contributed by atoms with Gasteiger partial charge < -0.3 is 21.7 Å². The predicted molar refractivity (Wildman–Crippen MR) is 115 cm³/mol. The smallest absolute Gasteiger partial charge is 0.371 e. The first kappa shape index (κ1) is 28.8. The van der Waals surface area contributed by atoms with E-state index < -0.39 is 23.8 Å². The van der Waals surface area contributed by atoms with E-state index in [0.29, 0.717) is 0 Å². The molecule has 2 aromatic rings. The molecule has 2 atom stereocenters. The summed E-state index contributed by atoms with van der Waals surface area (Å²) in [7, 11) is 0. The second kappa shape index (κ2) is 16.6. The van der Waals surface area contributed by atoms with E-state index in [1.165, 1.54) is 12.5 Å². The van der Waals surface area contributed by atoms with Gasteiger partial charge in [-0.3, -0.25) is 14.4 Å². The molecular formula is C22H30N2O6. The minimum Gasteiger partial charge on any atom is -0.480 e. The maximum Gasteiger partial charge on any atom is 0.371 e. The SMILES string of the molecule is CC(=O)C(=O)O.CC(=O)c1ccccc1.CC(N)C(=O)O.C[C@H](N)c1ccccc1. The number of carboxylic acid groups (broad SMARTS) is 2. The van der Waals surface area contributed by atoms with Crippen molar-refractivity contribution in [3.63, 3.8) is 0 Å². The van der Waals surface area contributed by atoms with Crippen molar-refractivity contribution < 1.29 is 29.4 Å². The number of Topliss-reactive ketones (excluding diaryl/α,β-unsaturated/α-hetero) is 2. The van der Waals surface area contributed by atoms with Crippen LogP contribution in [0.4, 0.5) is 0 Å². The summed E-state index contributed by atoms with van der Waals surface area (Å²) in [6.45, 7) is 5.97. The molecule has 0 aromatic heterocycles. The van der Waals surface area contributed by atoms with Gasteiger partial charge in [-0.05, 0) is 26.3 Å². The van der Waals surface area contributed by atoms with Crippen molar-refractivity contribution >= 4 is 23.5 Å². The topological polar surface area (TPSA) is 161 Å². The largest absolute Gasteiger partial charge is 0.480 e. The Balaban J connectivity index is 0. The highest BCUT2D eigenvalue weighted by molar-refractivity contribution is 6.31. The van der Waals surface area contributed by atoms with E-state index in [0.717, 1.165) is 12.5 Å². The minimum atomic E-state index is -1.38. The molecule has 0 bridgehead atoms. The molecule has 164 valence electrons. The summed E-state index contributed by atoms with van der Waals surface area (Å²) in [5, 5.41) is 15.5. The molecule has 8 nitrogen and oxygen atoms in total. The lowest BCUT2D eigenvalue weighted by Gasteiger charge is -2.02. The van der Waals surface area contributed by atoms with Crippen molar-refractivity contribution in [2.45, 2.75) is 39.8 Å². The van der Waals surface area contributed by atoms with Gasteiger partial charge in [0.2, 0.25) is 5.78 Å². The van der Waals surface area contributed by atoms with Crippen LogP contribution in [0.25, 0.3) is 0 Å². The van der Waals surface area contributed by atoms with E-state index in [1.54, 1.807) is 6.92 Å². The van der Waals surface area contributed by atoms with Gasteiger partial charge in [-0.25, -0.2) is 4.79 Å². The maximum atomic E-state index is 10.6. The van der Waals surface area contributed by atoms with Crippen LogP contribution in [-0.2, 0) is 14.4 Å². The van der Waals surface area contributed by atoms with Crippen LogP contribution in [0.2, 0.25) is 0 Å². The summed E-state index contributed by atoms with van der Waals surface area (Å²) in [6, 6.07) is 18.7. The van der Waals surface area contributed by atoms with Gasteiger partial charge in [-0.1, -0.05) is 60.7 Å². The van der Waals surface area contributed by atoms with Crippen molar-refractivity contribution in [1.29, 1.82) is 0 Å². The summed E-state index contributed by atoms with van der Waals surface area (Å²) >= 11 is 0. The Morgan fingerprint density at radius 3 is 1.27 bits per heavy atom. The second-order valence-corrected chi connectivity index (χ2v) is 6.11. The molecule has 0 saturated carbocycles. The Labute approximate surface area is 176 Å². The Morgan fingerprint density at radius 1 is 0.767 bits per heavy atom. The number of rotatable bonds is 4. The normalized spacial score (nSPS) is 10.9. The van der Waals surface area contributed by atoms with E-state index >= 15 is 0 Å². The van der Waals surface area contributed by atoms with Crippen LogP contribution in [0.3, 0.4) is 0 Å². The van der Waals surface area contributed by atoms with Crippen LogP contribution in [0.5, 0.6) is 0 Å². The Bertz CT molecular complexity index is 763. The summed E-state index contributed by atoms with van der Waals surface area (Å²) in [5.41, 5.74) is 12.4. The van der Waals surface area contributed by atoms with Gasteiger partial charge in [0.25, 0.3) is 0 Å². The van der Waals surface area contributed by atoms with Crippen LogP contribution in [0.15, 0.2) is 60.7 Å². The van der Waals surface area contributed by atoms with Crippen molar-refractivity contribution in [3.05, 3.63) is 71.8 Å². The first-order valence-electron chi connectivity index (χ1n) is 8.98. The molecule has 6 N–H and O–H groups in total. The van der Waals surface area contributed by atoms with E-state index in [-0.39, 0.29) is 11.8 Å². The molecule has 2 rings (SSSR count). The van der Waals surface area contributed by atoms with Crippen LogP contribution < -0.4 is 11.5 Å². The number of carbonyl (C=O) groups is 4. The highest BCUT2D eigenvalue weighted by Crippen LogP contribution is 2.06. The van der Waals surface area contributed by atoms with Crippen LogP contribution in [0.1, 0.15) is 49.7 Å². The molecule has 0 fully saturated rings. The molecule has 0 heterocycles. The second-order valence-electron chi connectivity index (χ2n) is 6.11. The van der Waals surface area contributed by atoms with Crippen molar-refractivity contribution in [2.75, 3.05) is 0 Å². The monoisotopic (exact) mass is 418 g/mol. The van der Waals surface area contributed by atoms with Gasteiger partial charge in [-0.2, -0.15) is 0 Å². The van der Waals surface area contributed by atoms with E-state index in [9.17, 15) is 19.2 Å². The number of nitrogens with two attached hydrogens (primary N) is 2. The molecule has 0 radical (unpaired) electrons. The lowest BCUT2D eigenvalue weighted by molar-refractivity contribution is -0.148. The van der Waals surface area contributed by atoms with Crippen LogP contribution >= 0.6 is 0 Å². The van der Waals surface area contributed by atoms with Gasteiger partial charge in [0.05, 0.1) is 0 Å².